The molecule has 0 aliphatic carbocycles. The Bertz CT molecular complexity index is 1090. The number of benzene rings is 1. The van der Waals surface area contributed by atoms with Gasteiger partial charge in [0.1, 0.15) is 11.4 Å². The summed E-state index contributed by atoms with van der Waals surface area (Å²) in [6.45, 7) is 3.22. The Labute approximate surface area is 195 Å². The fraction of sp³-hybridized carbons (Fsp3) is 0.348. The smallest absolute Gasteiger partial charge is 0.409 e. The maximum Gasteiger partial charge on any atom is 0.409 e. The molecule has 11 heteroatoms. The highest BCUT2D eigenvalue weighted by molar-refractivity contribution is 5.98. The van der Waals surface area contributed by atoms with Crippen LogP contribution in [0.15, 0.2) is 42.7 Å². The third-order valence-corrected chi connectivity index (χ3v) is 5.05. The number of piperazine rings is 1. The molecule has 11 nitrogen and oxygen atoms in total. The summed E-state index contributed by atoms with van der Waals surface area (Å²) in [5, 5.41) is 12.0. The molecule has 0 spiro atoms. The maximum absolute atomic E-state index is 12.7. The van der Waals surface area contributed by atoms with Crippen molar-refractivity contribution >= 4 is 34.8 Å². The first-order chi connectivity index (χ1) is 16.4. The Balaban J connectivity index is 1.61. The van der Waals surface area contributed by atoms with Gasteiger partial charge in [0.15, 0.2) is 0 Å². The van der Waals surface area contributed by atoms with Crippen LogP contribution in [0.25, 0.3) is 10.9 Å². The van der Waals surface area contributed by atoms with Gasteiger partial charge in [-0.15, -0.1) is 0 Å². The number of carbonyl (C=O) groups is 4. The van der Waals surface area contributed by atoms with Gasteiger partial charge >= 0.3 is 12.1 Å². The number of nitrogens with one attached hydrogen (secondary N) is 1. The lowest BCUT2D eigenvalue weighted by Gasteiger charge is -2.34. The average Bonchev–Trinajstić information content (AvgIpc) is 2.84. The minimum absolute atomic E-state index is 0.0558. The van der Waals surface area contributed by atoms with Gasteiger partial charge in [-0.3, -0.25) is 14.4 Å². The Morgan fingerprint density at radius 1 is 1.12 bits per heavy atom. The molecular formula is C23H26N4O7. The first-order valence-corrected chi connectivity index (χ1v) is 10.8. The molecule has 1 aromatic heterocycles. The number of amides is 3. The van der Waals surface area contributed by atoms with E-state index in [9.17, 15) is 19.2 Å². The molecule has 2 N–H and O–H groups in total. The summed E-state index contributed by atoms with van der Waals surface area (Å²) < 4.78 is 10.5. The highest BCUT2D eigenvalue weighted by atomic mass is 16.6. The van der Waals surface area contributed by atoms with Crippen molar-refractivity contribution in [1.29, 1.82) is 0 Å². The lowest BCUT2D eigenvalue weighted by molar-refractivity contribution is -0.136. The van der Waals surface area contributed by atoms with Crippen molar-refractivity contribution in [3.63, 3.8) is 0 Å². The number of aliphatic carboxylic acids is 1. The molecule has 1 aliphatic rings. The number of aromatic nitrogens is 1. The number of hydrogen-bond donors (Lipinski definition) is 2. The number of pyridine rings is 1. The van der Waals surface area contributed by atoms with Gasteiger partial charge < -0.3 is 29.7 Å². The number of nitrogens with zero attached hydrogens (tertiary/aromatic N) is 3. The molecule has 0 atom stereocenters. The van der Waals surface area contributed by atoms with Crippen molar-refractivity contribution in [3.8, 4) is 5.75 Å². The number of carboxylic acids is 1. The van der Waals surface area contributed by atoms with Crippen molar-refractivity contribution < 1.29 is 33.8 Å². The second-order valence-electron chi connectivity index (χ2n) is 7.36. The highest BCUT2D eigenvalue weighted by Gasteiger charge is 2.25. The molecule has 0 bridgehead atoms. The van der Waals surface area contributed by atoms with Gasteiger partial charge in [0.2, 0.25) is 5.91 Å². The maximum atomic E-state index is 12.7. The van der Waals surface area contributed by atoms with E-state index in [1.54, 1.807) is 36.1 Å². The van der Waals surface area contributed by atoms with Crippen LogP contribution in [0.2, 0.25) is 0 Å². The van der Waals surface area contributed by atoms with Crippen LogP contribution in [0.3, 0.4) is 0 Å². The van der Waals surface area contributed by atoms with Gasteiger partial charge in [-0.05, 0) is 25.1 Å². The Morgan fingerprint density at radius 2 is 1.82 bits per heavy atom. The molecule has 0 radical (unpaired) electrons. The van der Waals surface area contributed by atoms with E-state index < -0.39 is 18.0 Å². The third-order valence-electron chi connectivity index (χ3n) is 5.05. The van der Waals surface area contributed by atoms with Crippen LogP contribution in [0.1, 0.15) is 23.8 Å². The molecule has 180 valence electrons. The molecule has 2 heterocycles. The normalized spacial score (nSPS) is 13.7. The predicted octanol–water partition coefficient (Wildman–Crippen LogP) is 1.63. The Kier molecular flexibility index (Phi) is 8.38. The molecule has 3 amide bonds. The van der Waals surface area contributed by atoms with Gasteiger partial charge in [0, 0.05) is 37.6 Å². The SMILES string of the molecule is CCOC(=O)N1CCN(C(=O)CNC(=O)c2cc(OC=CCC(=O)O)c3ccccc3n2)CC1. The van der Waals surface area contributed by atoms with Crippen LogP contribution in [-0.4, -0.2) is 83.1 Å². The van der Waals surface area contributed by atoms with Gasteiger partial charge in [-0.25, -0.2) is 9.78 Å². The van der Waals surface area contributed by atoms with Crippen LogP contribution < -0.4 is 10.1 Å². The third kappa shape index (κ3) is 6.44. The first kappa shape index (κ1) is 24.5. The van der Waals surface area contributed by atoms with E-state index in [0.717, 1.165) is 0 Å². The average molecular weight is 470 g/mol. The van der Waals surface area contributed by atoms with E-state index >= 15 is 0 Å². The molecule has 0 unspecified atom stereocenters. The molecule has 2 aromatic rings. The summed E-state index contributed by atoms with van der Waals surface area (Å²) in [6.07, 6.45) is 1.99. The topological polar surface area (TPSA) is 138 Å². The highest BCUT2D eigenvalue weighted by Crippen LogP contribution is 2.25. The van der Waals surface area contributed by atoms with Crippen molar-refractivity contribution in [3.05, 3.63) is 48.4 Å². The van der Waals surface area contributed by atoms with E-state index in [1.165, 1.54) is 23.3 Å². The van der Waals surface area contributed by atoms with Crippen LogP contribution in [0.5, 0.6) is 5.75 Å². The second kappa shape index (κ2) is 11.6. The first-order valence-electron chi connectivity index (χ1n) is 10.8. The number of hydrogen-bond acceptors (Lipinski definition) is 7. The zero-order valence-electron chi connectivity index (χ0n) is 18.7. The van der Waals surface area contributed by atoms with Gasteiger partial charge in [-0.2, -0.15) is 0 Å². The molecule has 1 aromatic carbocycles. The monoisotopic (exact) mass is 470 g/mol. The number of fused-ring (bicyclic) bond motifs is 1. The summed E-state index contributed by atoms with van der Waals surface area (Å²) in [6, 6.07) is 8.47. The molecule has 0 saturated carbocycles. The molecular weight excluding hydrogens is 444 g/mol. The van der Waals surface area contributed by atoms with Gasteiger partial charge in [0.25, 0.3) is 5.91 Å². The largest absolute Gasteiger partial charge is 0.481 e. The molecule has 1 aliphatic heterocycles. The fourth-order valence-corrected chi connectivity index (χ4v) is 3.34. The van der Waals surface area contributed by atoms with E-state index in [4.69, 9.17) is 14.6 Å². The van der Waals surface area contributed by atoms with E-state index in [2.05, 4.69) is 10.3 Å². The number of rotatable bonds is 8. The van der Waals surface area contributed by atoms with Crippen molar-refractivity contribution in [2.24, 2.45) is 0 Å². The number of carboxylic acid groups (broad SMARTS) is 1. The zero-order chi connectivity index (χ0) is 24.5. The zero-order valence-corrected chi connectivity index (χ0v) is 18.7. The minimum atomic E-state index is -0.994. The lowest BCUT2D eigenvalue weighted by atomic mass is 10.1. The summed E-state index contributed by atoms with van der Waals surface area (Å²) in [4.78, 5) is 55.1. The number of carbonyl (C=O) groups excluding carboxylic acids is 3. The Morgan fingerprint density at radius 3 is 2.53 bits per heavy atom. The van der Waals surface area contributed by atoms with Gasteiger partial charge in [-0.1, -0.05) is 12.1 Å². The molecule has 1 saturated heterocycles. The van der Waals surface area contributed by atoms with E-state index in [0.29, 0.717) is 42.8 Å². The quantitative estimate of drug-likeness (QED) is 0.555. The molecule has 34 heavy (non-hydrogen) atoms. The number of para-hydroxylation sites is 1. The summed E-state index contributed by atoms with van der Waals surface area (Å²) in [5.41, 5.74) is 0.568. The lowest BCUT2D eigenvalue weighted by Crippen LogP contribution is -2.52. The summed E-state index contributed by atoms with van der Waals surface area (Å²) in [5.74, 6) is -1.49. The van der Waals surface area contributed by atoms with E-state index in [1.807, 2.05) is 0 Å². The fourth-order valence-electron chi connectivity index (χ4n) is 3.34. The Hall–Kier alpha value is -4.15. The van der Waals surface area contributed by atoms with Crippen LogP contribution >= 0.6 is 0 Å². The second-order valence-corrected chi connectivity index (χ2v) is 7.36. The molecule has 3 rings (SSSR count). The summed E-state index contributed by atoms with van der Waals surface area (Å²) in [7, 11) is 0. The van der Waals surface area contributed by atoms with Crippen LogP contribution in [-0.2, 0) is 14.3 Å². The standard InChI is InChI=1S/C23H26N4O7/c1-2-33-23(32)27-11-9-26(10-12-27)20(28)15-24-22(31)18-14-19(34-13-5-8-21(29)30)16-6-3-4-7-17(16)25-18/h3-7,13-14H,2,8-12,15H2,1H3,(H,24,31)(H,29,30). The van der Waals surface area contributed by atoms with Crippen LogP contribution in [0.4, 0.5) is 4.79 Å². The minimum Gasteiger partial charge on any atom is -0.481 e. The van der Waals surface area contributed by atoms with Crippen LogP contribution in [0, 0.1) is 0 Å². The summed E-state index contributed by atoms with van der Waals surface area (Å²) >= 11 is 0. The van der Waals surface area contributed by atoms with Crippen molar-refractivity contribution in [1.82, 2.24) is 20.1 Å². The predicted molar refractivity (Wildman–Crippen MR) is 121 cm³/mol. The van der Waals surface area contributed by atoms with Crippen molar-refractivity contribution in [2.45, 2.75) is 13.3 Å². The molecule has 1 fully saturated rings. The van der Waals surface area contributed by atoms with Gasteiger partial charge in [0.05, 0.1) is 31.4 Å². The number of ether oxygens (including phenoxy) is 2. The van der Waals surface area contributed by atoms with Crippen molar-refractivity contribution in [2.75, 3.05) is 39.3 Å². The van der Waals surface area contributed by atoms with E-state index in [-0.39, 0.29) is 31.2 Å².